The Labute approximate surface area is 130 Å². The summed E-state index contributed by atoms with van der Waals surface area (Å²) >= 11 is 2.91. The Kier molecular flexibility index (Phi) is 6.21. The molecular formula is C12H16BrF3N2O2S. The first-order chi connectivity index (χ1) is 9.58. The summed E-state index contributed by atoms with van der Waals surface area (Å²) in [5.74, 6) is 0. The van der Waals surface area contributed by atoms with E-state index in [9.17, 15) is 21.6 Å². The van der Waals surface area contributed by atoms with Gasteiger partial charge in [-0.2, -0.15) is 13.2 Å². The van der Waals surface area contributed by atoms with Crippen molar-refractivity contribution in [3.63, 3.8) is 0 Å². The van der Waals surface area contributed by atoms with Crippen molar-refractivity contribution in [2.45, 2.75) is 31.0 Å². The van der Waals surface area contributed by atoms with E-state index >= 15 is 0 Å². The Hall–Kier alpha value is -0.640. The first-order valence-corrected chi connectivity index (χ1v) is 8.45. The molecule has 0 fully saturated rings. The lowest BCUT2D eigenvalue weighted by Crippen LogP contribution is -2.39. The van der Waals surface area contributed by atoms with Crippen molar-refractivity contribution >= 4 is 26.0 Å². The third-order valence-electron chi connectivity index (χ3n) is 2.67. The summed E-state index contributed by atoms with van der Waals surface area (Å²) < 4.78 is 65.3. The second-order valence-corrected chi connectivity index (χ2v) is 7.10. The van der Waals surface area contributed by atoms with E-state index in [2.05, 4.69) is 26.0 Å². The van der Waals surface area contributed by atoms with Crippen molar-refractivity contribution in [1.82, 2.24) is 10.0 Å². The molecule has 0 aliphatic carbocycles. The lowest BCUT2D eigenvalue weighted by molar-refractivity contribution is -0.139. The van der Waals surface area contributed by atoms with Gasteiger partial charge in [-0.3, -0.25) is 0 Å². The SMILES string of the molecule is CCN[C@H](C)CNS(=O)(=O)c1ccc(Br)cc1C(F)(F)F. The number of likely N-dealkylation sites (N-methyl/N-ethyl adjacent to an activating group) is 1. The number of sulfonamides is 1. The maximum absolute atomic E-state index is 13.0. The molecule has 1 aromatic carbocycles. The highest BCUT2D eigenvalue weighted by Gasteiger charge is 2.37. The standard InChI is InChI=1S/C12H16BrF3N2O2S/c1-3-17-8(2)7-18-21(19,20)11-5-4-9(13)6-10(11)12(14,15)16/h4-6,8,17-18H,3,7H2,1-2H3/t8-/m1/s1. The monoisotopic (exact) mass is 388 g/mol. The topological polar surface area (TPSA) is 58.2 Å². The van der Waals surface area contributed by atoms with Crippen LogP contribution in [0.2, 0.25) is 0 Å². The van der Waals surface area contributed by atoms with Crippen molar-refractivity contribution in [1.29, 1.82) is 0 Å². The Bertz CT molecular complexity index is 591. The third-order valence-corrected chi connectivity index (χ3v) is 4.64. The number of alkyl halides is 3. The van der Waals surface area contributed by atoms with Crippen LogP contribution in [0.15, 0.2) is 27.6 Å². The molecule has 0 bridgehead atoms. The smallest absolute Gasteiger partial charge is 0.313 e. The van der Waals surface area contributed by atoms with E-state index in [1.807, 2.05) is 6.92 Å². The Morgan fingerprint density at radius 3 is 2.48 bits per heavy atom. The Balaban J connectivity index is 3.09. The number of nitrogens with one attached hydrogen (secondary N) is 2. The molecule has 0 unspecified atom stereocenters. The fourth-order valence-electron chi connectivity index (χ4n) is 1.69. The van der Waals surface area contributed by atoms with Gasteiger partial charge in [0.25, 0.3) is 0 Å². The van der Waals surface area contributed by atoms with Crippen LogP contribution in [0.25, 0.3) is 0 Å². The van der Waals surface area contributed by atoms with E-state index in [1.165, 1.54) is 6.07 Å². The second-order valence-electron chi connectivity index (χ2n) is 4.45. The van der Waals surface area contributed by atoms with Crippen LogP contribution in [0.5, 0.6) is 0 Å². The molecule has 0 spiro atoms. The first kappa shape index (κ1) is 18.4. The highest BCUT2D eigenvalue weighted by atomic mass is 79.9. The predicted octanol–water partition coefficient (Wildman–Crippen LogP) is 2.74. The number of rotatable bonds is 6. The number of halogens is 4. The molecule has 1 atom stereocenters. The van der Waals surface area contributed by atoms with Gasteiger partial charge in [-0.1, -0.05) is 22.9 Å². The number of hydrogen-bond donors (Lipinski definition) is 2. The fraction of sp³-hybridized carbons (Fsp3) is 0.500. The summed E-state index contributed by atoms with van der Waals surface area (Å²) in [6.45, 7) is 4.22. The zero-order chi connectivity index (χ0) is 16.3. The van der Waals surface area contributed by atoms with Crippen LogP contribution >= 0.6 is 15.9 Å². The summed E-state index contributed by atoms with van der Waals surface area (Å²) in [5.41, 5.74) is -1.19. The molecule has 1 aromatic rings. The molecular weight excluding hydrogens is 373 g/mol. The van der Waals surface area contributed by atoms with E-state index in [4.69, 9.17) is 0 Å². The molecule has 120 valence electrons. The van der Waals surface area contributed by atoms with E-state index in [1.54, 1.807) is 6.92 Å². The van der Waals surface area contributed by atoms with Gasteiger partial charge in [0, 0.05) is 17.1 Å². The van der Waals surface area contributed by atoms with Crippen LogP contribution in [0.4, 0.5) is 13.2 Å². The molecule has 4 nitrogen and oxygen atoms in total. The molecule has 0 saturated heterocycles. The summed E-state index contributed by atoms with van der Waals surface area (Å²) in [4.78, 5) is -0.776. The van der Waals surface area contributed by atoms with Crippen LogP contribution < -0.4 is 10.0 Å². The molecule has 0 amide bonds. The van der Waals surface area contributed by atoms with Gasteiger partial charge in [-0.05, 0) is 31.7 Å². The van der Waals surface area contributed by atoms with Gasteiger partial charge >= 0.3 is 6.18 Å². The highest BCUT2D eigenvalue weighted by Crippen LogP contribution is 2.35. The zero-order valence-corrected chi connectivity index (χ0v) is 13.9. The largest absolute Gasteiger partial charge is 0.417 e. The van der Waals surface area contributed by atoms with Crippen LogP contribution in [0.1, 0.15) is 19.4 Å². The van der Waals surface area contributed by atoms with E-state index < -0.39 is 26.7 Å². The van der Waals surface area contributed by atoms with Crippen molar-refractivity contribution in [2.24, 2.45) is 0 Å². The van der Waals surface area contributed by atoms with Crippen LogP contribution in [-0.2, 0) is 16.2 Å². The molecule has 0 aliphatic rings. The second kappa shape index (κ2) is 7.08. The van der Waals surface area contributed by atoms with Crippen molar-refractivity contribution in [2.75, 3.05) is 13.1 Å². The minimum atomic E-state index is -4.75. The summed E-state index contributed by atoms with van der Waals surface area (Å²) in [6.07, 6.45) is -4.75. The van der Waals surface area contributed by atoms with E-state index in [-0.39, 0.29) is 17.1 Å². The summed E-state index contributed by atoms with van der Waals surface area (Å²) in [5, 5.41) is 2.97. The molecule has 21 heavy (non-hydrogen) atoms. The zero-order valence-electron chi connectivity index (χ0n) is 11.5. The Morgan fingerprint density at radius 2 is 1.95 bits per heavy atom. The Morgan fingerprint density at radius 1 is 1.33 bits per heavy atom. The van der Waals surface area contributed by atoms with Crippen molar-refractivity contribution < 1.29 is 21.6 Å². The molecule has 9 heteroatoms. The maximum Gasteiger partial charge on any atom is 0.417 e. The molecule has 2 N–H and O–H groups in total. The fourth-order valence-corrected chi connectivity index (χ4v) is 3.39. The molecule has 0 aromatic heterocycles. The quantitative estimate of drug-likeness (QED) is 0.787. The average molecular weight is 389 g/mol. The molecule has 0 aliphatic heterocycles. The van der Waals surface area contributed by atoms with Gasteiger partial charge in [0.15, 0.2) is 0 Å². The minimum Gasteiger partial charge on any atom is -0.313 e. The maximum atomic E-state index is 13.0. The number of benzene rings is 1. The minimum absolute atomic E-state index is 0.00351. The lowest BCUT2D eigenvalue weighted by atomic mass is 10.2. The van der Waals surface area contributed by atoms with Crippen LogP contribution in [0, 0.1) is 0 Å². The van der Waals surface area contributed by atoms with E-state index in [0.29, 0.717) is 6.54 Å². The number of hydrogen-bond acceptors (Lipinski definition) is 3. The summed E-state index contributed by atoms with van der Waals surface area (Å²) in [7, 11) is -4.24. The van der Waals surface area contributed by atoms with E-state index in [0.717, 1.165) is 12.1 Å². The van der Waals surface area contributed by atoms with Gasteiger partial charge < -0.3 is 5.32 Å². The van der Waals surface area contributed by atoms with Gasteiger partial charge in [0.2, 0.25) is 10.0 Å². The molecule has 0 heterocycles. The van der Waals surface area contributed by atoms with Gasteiger partial charge in [0.1, 0.15) is 0 Å². The van der Waals surface area contributed by atoms with Gasteiger partial charge in [-0.15, -0.1) is 0 Å². The van der Waals surface area contributed by atoms with Gasteiger partial charge in [-0.25, -0.2) is 13.1 Å². The first-order valence-electron chi connectivity index (χ1n) is 6.17. The summed E-state index contributed by atoms with van der Waals surface area (Å²) in [6, 6.07) is 2.77. The van der Waals surface area contributed by atoms with Gasteiger partial charge in [0.05, 0.1) is 10.5 Å². The van der Waals surface area contributed by atoms with Crippen LogP contribution in [-0.4, -0.2) is 27.5 Å². The molecule has 0 saturated carbocycles. The van der Waals surface area contributed by atoms with Crippen LogP contribution in [0.3, 0.4) is 0 Å². The third kappa shape index (κ3) is 5.24. The lowest BCUT2D eigenvalue weighted by Gasteiger charge is -2.16. The molecule has 1 rings (SSSR count). The molecule has 0 radical (unpaired) electrons. The normalized spacial score (nSPS) is 14.2. The average Bonchev–Trinajstić information content (AvgIpc) is 2.35. The highest BCUT2D eigenvalue weighted by molar-refractivity contribution is 9.10. The van der Waals surface area contributed by atoms with Crippen molar-refractivity contribution in [3.8, 4) is 0 Å². The predicted molar refractivity (Wildman–Crippen MR) is 77.5 cm³/mol. The van der Waals surface area contributed by atoms with Crippen molar-refractivity contribution in [3.05, 3.63) is 28.2 Å².